The number of carbonyl (C=O) groups is 1. The molecule has 1 aromatic carbocycles. The minimum absolute atomic E-state index is 0.0484. The summed E-state index contributed by atoms with van der Waals surface area (Å²) in [5.74, 6) is -0.128. The van der Waals surface area contributed by atoms with Crippen molar-refractivity contribution in [3.63, 3.8) is 0 Å². The van der Waals surface area contributed by atoms with Gasteiger partial charge in [-0.05, 0) is 25.5 Å². The topological polar surface area (TPSA) is 58.4 Å². The summed E-state index contributed by atoms with van der Waals surface area (Å²) in [7, 11) is 1.67. The number of para-hydroxylation sites is 1. The molecule has 0 aliphatic heterocycles. The number of amides is 1. The molecule has 0 spiro atoms. The molecule has 0 aliphatic rings. The van der Waals surface area contributed by atoms with E-state index in [0.717, 1.165) is 16.9 Å². The van der Waals surface area contributed by atoms with E-state index in [4.69, 9.17) is 5.11 Å². The van der Waals surface area contributed by atoms with Gasteiger partial charge in [0.1, 0.15) is 0 Å². The minimum atomic E-state index is -0.128. The predicted molar refractivity (Wildman–Crippen MR) is 77.1 cm³/mol. The molecule has 5 nitrogen and oxygen atoms in total. The van der Waals surface area contributed by atoms with Gasteiger partial charge in [0.2, 0.25) is 0 Å². The first-order valence-electron chi connectivity index (χ1n) is 6.53. The standard InChI is InChI=1S/C15H19N3O2/c1-11-6-4-5-7-14(11)18-12(2)13(10-16-18)15(20)17(3)8-9-19/h4-7,10,19H,8-9H2,1-3H3. The zero-order chi connectivity index (χ0) is 14.7. The average Bonchev–Trinajstić information content (AvgIpc) is 2.80. The van der Waals surface area contributed by atoms with Crippen molar-refractivity contribution in [2.75, 3.05) is 20.2 Å². The number of aromatic nitrogens is 2. The molecule has 1 heterocycles. The molecule has 0 unspecified atom stereocenters. The Labute approximate surface area is 118 Å². The number of aliphatic hydroxyl groups is 1. The second-order valence-electron chi connectivity index (χ2n) is 4.79. The third-order valence-corrected chi connectivity index (χ3v) is 3.37. The highest BCUT2D eigenvalue weighted by molar-refractivity contribution is 5.95. The van der Waals surface area contributed by atoms with Gasteiger partial charge in [-0.3, -0.25) is 4.79 Å². The summed E-state index contributed by atoms with van der Waals surface area (Å²) in [6.45, 7) is 4.15. The van der Waals surface area contributed by atoms with Crippen LogP contribution in [0.1, 0.15) is 21.6 Å². The first kappa shape index (κ1) is 14.3. The fourth-order valence-electron chi connectivity index (χ4n) is 2.12. The van der Waals surface area contributed by atoms with Gasteiger partial charge in [0, 0.05) is 13.6 Å². The normalized spacial score (nSPS) is 10.6. The molecular weight excluding hydrogens is 254 g/mol. The van der Waals surface area contributed by atoms with Gasteiger partial charge in [0.15, 0.2) is 0 Å². The van der Waals surface area contributed by atoms with E-state index in [1.165, 1.54) is 4.90 Å². The Morgan fingerprint density at radius 2 is 2.05 bits per heavy atom. The third-order valence-electron chi connectivity index (χ3n) is 3.37. The van der Waals surface area contributed by atoms with Crippen LogP contribution in [0.15, 0.2) is 30.5 Å². The fourth-order valence-corrected chi connectivity index (χ4v) is 2.12. The van der Waals surface area contributed by atoms with Crippen molar-refractivity contribution in [2.45, 2.75) is 13.8 Å². The molecule has 2 aromatic rings. The van der Waals surface area contributed by atoms with E-state index in [2.05, 4.69) is 5.10 Å². The SMILES string of the molecule is Cc1ccccc1-n1ncc(C(=O)N(C)CCO)c1C. The van der Waals surface area contributed by atoms with Crippen LogP contribution in [0, 0.1) is 13.8 Å². The Kier molecular flexibility index (Phi) is 4.20. The van der Waals surface area contributed by atoms with E-state index in [-0.39, 0.29) is 12.5 Å². The maximum absolute atomic E-state index is 12.2. The number of rotatable bonds is 4. The largest absolute Gasteiger partial charge is 0.395 e. The van der Waals surface area contributed by atoms with Gasteiger partial charge in [-0.25, -0.2) is 4.68 Å². The summed E-state index contributed by atoms with van der Waals surface area (Å²) < 4.78 is 1.77. The molecule has 0 bridgehead atoms. The molecule has 0 atom stereocenters. The van der Waals surface area contributed by atoms with Crippen molar-refractivity contribution in [3.8, 4) is 5.69 Å². The Hall–Kier alpha value is -2.14. The first-order valence-corrected chi connectivity index (χ1v) is 6.53. The Balaban J connectivity index is 2.37. The van der Waals surface area contributed by atoms with Crippen molar-refractivity contribution < 1.29 is 9.90 Å². The number of hydrogen-bond acceptors (Lipinski definition) is 3. The molecule has 1 N–H and O–H groups in total. The zero-order valence-electron chi connectivity index (χ0n) is 12.0. The van der Waals surface area contributed by atoms with Crippen LogP contribution < -0.4 is 0 Å². The molecule has 0 aliphatic carbocycles. The van der Waals surface area contributed by atoms with E-state index >= 15 is 0 Å². The Bertz CT molecular complexity index is 619. The summed E-state index contributed by atoms with van der Waals surface area (Å²) in [5, 5.41) is 13.2. The van der Waals surface area contributed by atoms with Gasteiger partial charge in [-0.2, -0.15) is 5.10 Å². The smallest absolute Gasteiger partial charge is 0.257 e. The monoisotopic (exact) mass is 273 g/mol. The van der Waals surface area contributed by atoms with Crippen molar-refractivity contribution >= 4 is 5.91 Å². The molecule has 1 amide bonds. The van der Waals surface area contributed by atoms with Gasteiger partial charge < -0.3 is 10.0 Å². The number of benzene rings is 1. The van der Waals surface area contributed by atoms with Crippen molar-refractivity contribution in [1.82, 2.24) is 14.7 Å². The third kappa shape index (κ3) is 2.58. The lowest BCUT2D eigenvalue weighted by Gasteiger charge is -2.15. The van der Waals surface area contributed by atoms with Crippen LogP contribution in [-0.4, -0.2) is 45.9 Å². The van der Waals surface area contributed by atoms with Crippen LogP contribution in [0.3, 0.4) is 0 Å². The molecule has 0 saturated heterocycles. The van der Waals surface area contributed by atoms with E-state index in [0.29, 0.717) is 12.1 Å². The second kappa shape index (κ2) is 5.88. The zero-order valence-corrected chi connectivity index (χ0v) is 12.0. The summed E-state index contributed by atoms with van der Waals surface area (Å²) in [6, 6.07) is 7.90. The molecule has 5 heteroatoms. The highest BCUT2D eigenvalue weighted by Gasteiger charge is 2.18. The van der Waals surface area contributed by atoms with E-state index in [1.54, 1.807) is 17.9 Å². The van der Waals surface area contributed by atoms with Crippen LogP contribution in [-0.2, 0) is 0 Å². The number of aryl methyl sites for hydroxylation is 1. The molecule has 106 valence electrons. The fraction of sp³-hybridized carbons (Fsp3) is 0.333. The van der Waals surface area contributed by atoms with Gasteiger partial charge in [0.25, 0.3) is 5.91 Å². The molecule has 2 rings (SSSR count). The highest BCUT2D eigenvalue weighted by atomic mass is 16.3. The molecular formula is C15H19N3O2. The summed E-state index contributed by atoms with van der Waals surface area (Å²) in [4.78, 5) is 13.7. The summed E-state index contributed by atoms with van der Waals surface area (Å²) in [6.07, 6.45) is 1.58. The second-order valence-corrected chi connectivity index (χ2v) is 4.79. The molecule has 20 heavy (non-hydrogen) atoms. The van der Waals surface area contributed by atoms with Crippen molar-refractivity contribution in [3.05, 3.63) is 47.3 Å². The van der Waals surface area contributed by atoms with E-state index in [9.17, 15) is 4.79 Å². The maximum atomic E-state index is 12.2. The minimum Gasteiger partial charge on any atom is -0.395 e. The van der Waals surface area contributed by atoms with Gasteiger partial charge >= 0.3 is 0 Å². The van der Waals surface area contributed by atoms with Crippen LogP contribution in [0.2, 0.25) is 0 Å². The van der Waals surface area contributed by atoms with Gasteiger partial charge in [0.05, 0.1) is 29.7 Å². The lowest BCUT2D eigenvalue weighted by molar-refractivity contribution is 0.0766. The number of carbonyl (C=O) groups excluding carboxylic acids is 1. The van der Waals surface area contributed by atoms with Crippen LogP contribution >= 0.6 is 0 Å². The maximum Gasteiger partial charge on any atom is 0.257 e. The lowest BCUT2D eigenvalue weighted by Crippen LogP contribution is -2.29. The Morgan fingerprint density at radius 1 is 1.35 bits per heavy atom. The molecule has 0 fully saturated rings. The average molecular weight is 273 g/mol. The van der Waals surface area contributed by atoms with Crippen LogP contribution in [0.25, 0.3) is 5.69 Å². The number of nitrogens with zero attached hydrogens (tertiary/aromatic N) is 3. The van der Waals surface area contributed by atoms with Crippen molar-refractivity contribution in [2.24, 2.45) is 0 Å². The Morgan fingerprint density at radius 3 is 2.70 bits per heavy atom. The molecule has 0 radical (unpaired) electrons. The highest BCUT2D eigenvalue weighted by Crippen LogP contribution is 2.18. The number of likely N-dealkylation sites (N-methyl/N-ethyl adjacent to an activating group) is 1. The van der Waals surface area contributed by atoms with Gasteiger partial charge in [-0.1, -0.05) is 18.2 Å². The first-order chi connectivity index (χ1) is 9.56. The summed E-state index contributed by atoms with van der Waals surface area (Å²) in [5.41, 5.74) is 3.42. The van der Waals surface area contributed by atoms with Crippen molar-refractivity contribution in [1.29, 1.82) is 0 Å². The van der Waals surface area contributed by atoms with Crippen LogP contribution in [0.5, 0.6) is 0 Å². The predicted octanol–water partition coefficient (Wildman–Crippen LogP) is 1.55. The quantitative estimate of drug-likeness (QED) is 0.919. The van der Waals surface area contributed by atoms with Crippen LogP contribution in [0.4, 0.5) is 0 Å². The lowest BCUT2D eigenvalue weighted by atomic mass is 10.2. The van der Waals surface area contributed by atoms with E-state index in [1.807, 2.05) is 38.1 Å². The number of hydrogen-bond donors (Lipinski definition) is 1. The van der Waals surface area contributed by atoms with Gasteiger partial charge in [-0.15, -0.1) is 0 Å². The molecule has 1 aromatic heterocycles. The molecule has 0 saturated carbocycles. The number of aliphatic hydroxyl groups excluding tert-OH is 1. The van der Waals surface area contributed by atoms with E-state index < -0.39 is 0 Å². The summed E-state index contributed by atoms with van der Waals surface area (Å²) >= 11 is 0.